The Bertz CT molecular complexity index is 244. The second-order valence-corrected chi connectivity index (χ2v) is 2.68. The third-order valence-electron chi connectivity index (χ3n) is 1.65. The molecule has 0 N–H and O–H groups in total. The Labute approximate surface area is 74.2 Å². The van der Waals surface area contributed by atoms with E-state index in [0.717, 1.165) is 12.8 Å². The lowest BCUT2D eigenvalue weighted by Gasteiger charge is -1.90. The molecule has 0 aliphatic carbocycles. The molecular weight excluding hydrogens is 144 g/mol. The Morgan fingerprint density at radius 1 is 1.08 bits per heavy atom. The lowest BCUT2D eigenvalue weighted by Crippen LogP contribution is -1.68. The molecule has 0 aliphatic heterocycles. The summed E-state index contributed by atoms with van der Waals surface area (Å²) in [5, 5.41) is 0. The molecule has 0 spiro atoms. The molecule has 0 bridgehead atoms. The maximum atomic E-state index is 3.67. The highest BCUT2D eigenvalue weighted by Gasteiger charge is 1.81. The van der Waals surface area contributed by atoms with E-state index in [4.69, 9.17) is 0 Å². The Morgan fingerprint density at radius 2 is 1.83 bits per heavy atom. The summed E-state index contributed by atoms with van der Waals surface area (Å²) in [7, 11) is 0. The molecule has 0 heterocycles. The van der Waals surface area contributed by atoms with Gasteiger partial charge < -0.3 is 0 Å². The van der Waals surface area contributed by atoms with Crippen molar-refractivity contribution in [3.8, 4) is 0 Å². The molecule has 62 valence electrons. The molecule has 1 aromatic carbocycles. The minimum absolute atomic E-state index is 1.06. The fraction of sp³-hybridized carbons (Fsp3) is 0.167. The van der Waals surface area contributed by atoms with Crippen LogP contribution in [0.5, 0.6) is 0 Å². The van der Waals surface area contributed by atoms with E-state index in [-0.39, 0.29) is 0 Å². The summed E-state index contributed by atoms with van der Waals surface area (Å²) in [4.78, 5) is 0. The molecule has 0 atom stereocenters. The summed E-state index contributed by atoms with van der Waals surface area (Å²) < 4.78 is 0. The van der Waals surface area contributed by atoms with Crippen LogP contribution < -0.4 is 0 Å². The summed E-state index contributed by atoms with van der Waals surface area (Å²) in [6, 6.07) is 10.3. The van der Waals surface area contributed by atoms with E-state index in [1.54, 1.807) is 0 Å². The molecule has 0 saturated carbocycles. The standard InChI is InChI=1S/C12H14/c1-2-3-4-6-9-12-10-7-5-8-11-12/h2,5-11H,1,3-4H2/b9-6+. The number of hydrogen-bond donors (Lipinski definition) is 0. The predicted molar refractivity (Wildman–Crippen MR) is 54.9 cm³/mol. The van der Waals surface area contributed by atoms with Crippen LogP contribution in [0.25, 0.3) is 6.08 Å². The van der Waals surface area contributed by atoms with Gasteiger partial charge in [-0.3, -0.25) is 0 Å². The first-order valence-corrected chi connectivity index (χ1v) is 4.26. The van der Waals surface area contributed by atoms with Crippen molar-refractivity contribution in [3.05, 3.63) is 54.6 Å². The topological polar surface area (TPSA) is 0 Å². The van der Waals surface area contributed by atoms with Crippen LogP contribution in [0.3, 0.4) is 0 Å². The van der Waals surface area contributed by atoms with Gasteiger partial charge in [-0.2, -0.15) is 0 Å². The highest BCUT2D eigenvalue weighted by Crippen LogP contribution is 2.02. The first-order valence-electron chi connectivity index (χ1n) is 4.26. The van der Waals surface area contributed by atoms with Crippen LogP contribution in [0, 0.1) is 0 Å². The molecule has 1 aromatic rings. The Kier molecular flexibility index (Phi) is 3.93. The first-order chi connectivity index (χ1) is 5.93. The fourth-order valence-electron chi connectivity index (χ4n) is 0.998. The van der Waals surface area contributed by atoms with Crippen molar-refractivity contribution in [2.75, 3.05) is 0 Å². The van der Waals surface area contributed by atoms with Crippen molar-refractivity contribution in [1.82, 2.24) is 0 Å². The molecule has 0 aliphatic rings. The number of benzene rings is 1. The monoisotopic (exact) mass is 158 g/mol. The maximum Gasteiger partial charge on any atom is -0.0260 e. The zero-order valence-electron chi connectivity index (χ0n) is 7.24. The summed E-state index contributed by atoms with van der Waals surface area (Å²) >= 11 is 0. The lowest BCUT2D eigenvalue weighted by molar-refractivity contribution is 1.06. The van der Waals surface area contributed by atoms with Gasteiger partial charge in [0.1, 0.15) is 0 Å². The van der Waals surface area contributed by atoms with Crippen molar-refractivity contribution in [2.45, 2.75) is 12.8 Å². The second-order valence-electron chi connectivity index (χ2n) is 2.68. The van der Waals surface area contributed by atoms with Gasteiger partial charge in [0.05, 0.1) is 0 Å². The average molecular weight is 158 g/mol. The number of unbranched alkanes of at least 4 members (excludes halogenated alkanes) is 1. The molecule has 1 rings (SSSR count). The van der Waals surface area contributed by atoms with Gasteiger partial charge in [-0.15, -0.1) is 6.58 Å². The van der Waals surface area contributed by atoms with E-state index >= 15 is 0 Å². The number of hydrogen-bond acceptors (Lipinski definition) is 0. The van der Waals surface area contributed by atoms with Crippen LogP contribution in [-0.4, -0.2) is 0 Å². The third-order valence-corrected chi connectivity index (χ3v) is 1.65. The van der Waals surface area contributed by atoms with Gasteiger partial charge in [-0.1, -0.05) is 48.6 Å². The van der Waals surface area contributed by atoms with Gasteiger partial charge in [-0.05, 0) is 18.4 Å². The van der Waals surface area contributed by atoms with E-state index in [1.165, 1.54) is 5.56 Å². The van der Waals surface area contributed by atoms with Gasteiger partial charge in [0.15, 0.2) is 0 Å². The third kappa shape index (κ3) is 3.20. The predicted octanol–water partition coefficient (Wildman–Crippen LogP) is 3.67. The van der Waals surface area contributed by atoms with Crippen LogP contribution >= 0.6 is 0 Å². The Balaban J connectivity index is 2.41. The van der Waals surface area contributed by atoms with E-state index in [9.17, 15) is 0 Å². The Morgan fingerprint density at radius 3 is 2.50 bits per heavy atom. The van der Waals surface area contributed by atoms with Crippen molar-refractivity contribution in [3.63, 3.8) is 0 Å². The molecule has 0 aromatic heterocycles. The van der Waals surface area contributed by atoms with E-state index in [0.29, 0.717) is 0 Å². The molecule has 0 heteroatoms. The molecule has 0 unspecified atom stereocenters. The van der Waals surface area contributed by atoms with Crippen LogP contribution in [0.15, 0.2) is 49.1 Å². The highest BCUT2D eigenvalue weighted by molar-refractivity contribution is 5.48. The molecule has 0 amide bonds. The SMILES string of the molecule is C=CCC/C=C/c1ccccc1. The largest absolute Gasteiger partial charge is 0.103 e. The van der Waals surface area contributed by atoms with Crippen molar-refractivity contribution in [1.29, 1.82) is 0 Å². The molecule has 12 heavy (non-hydrogen) atoms. The lowest BCUT2D eigenvalue weighted by atomic mass is 10.2. The molecule has 0 fully saturated rings. The van der Waals surface area contributed by atoms with E-state index in [1.807, 2.05) is 24.3 Å². The fourth-order valence-corrected chi connectivity index (χ4v) is 0.998. The van der Waals surface area contributed by atoms with Gasteiger partial charge in [-0.25, -0.2) is 0 Å². The molecule has 0 saturated heterocycles. The van der Waals surface area contributed by atoms with Crippen LogP contribution in [0.4, 0.5) is 0 Å². The number of rotatable bonds is 4. The Hall–Kier alpha value is -1.30. The summed E-state index contributed by atoms with van der Waals surface area (Å²) in [6.45, 7) is 3.67. The first kappa shape index (κ1) is 8.79. The van der Waals surface area contributed by atoms with E-state index in [2.05, 4.69) is 30.9 Å². The van der Waals surface area contributed by atoms with Gasteiger partial charge in [0.2, 0.25) is 0 Å². The second kappa shape index (κ2) is 5.36. The summed E-state index contributed by atoms with van der Waals surface area (Å²) in [5.74, 6) is 0. The summed E-state index contributed by atoms with van der Waals surface area (Å²) in [5.41, 5.74) is 1.27. The quantitative estimate of drug-likeness (QED) is 0.463. The number of allylic oxidation sites excluding steroid dienone is 2. The van der Waals surface area contributed by atoms with E-state index < -0.39 is 0 Å². The summed E-state index contributed by atoms with van der Waals surface area (Å²) in [6.07, 6.45) is 8.40. The van der Waals surface area contributed by atoms with Crippen LogP contribution in [0.1, 0.15) is 18.4 Å². The maximum absolute atomic E-state index is 3.67. The molecule has 0 nitrogen and oxygen atoms in total. The van der Waals surface area contributed by atoms with Gasteiger partial charge in [0.25, 0.3) is 0 Å². The van der Waals surface area contributed by atoms with Crippen molar-refractivity contribution < 1.29 is 0 Å². The van der Waals surface area contributed by atoms with Gasteiger partial charge >= 0.3 is 0 Å². The highest BCUT2D eigenvalue weighted by atomic mass is 13.9. The normalized spacial score (nSPS) is 10.3. The molecular formula is C12H14. The smallest absolute Gasteiger partial charge is 0.0260 e. The van der Waals surface area contributed by atoms with Crippen LogP contribution in [-0.2, 0) is 0 Å². The zero-order valence-corrected chi connectivity index (χ0v) is 7.24. The van der Waals surface area contributed by atoms with Gasteiger partial charge in [0, 0.05) is 0 Å². The molecule has 0 radical (unpaired) electrons. The van der Waals surface area contributed by atoms with Crippen molar-refractivity contribution >= 4 is 6.08 Å². The van der Waals surface area contributed by atoms with Crippen molar-refractivity contribution in [2.24, 2.45) is 0 Å². The minimum atomic E-state index is 1.06. The van der Waals surface area contributed by atoms with Crippen LogP contribution in [0.2, 0.25) is 0 Å². The zero-order chi connectivity index (χ0) is 8.65. The average Bonchev–Trinajstić information content (AvgIpc) is 2.14. The minimum Gasteiger partial charge on any atom is -0.103 e.